The molecule has 10 aromatic rings. The number of halogens is 2. The number of sulfone groups is 2. The number of anilines is 8. The van der Waals surface area contributed by atoms with Crippen LogP contribution in [-0.2, 0) is 84.8 Å². The molecule has 8 aromatic carbocycles. The second-order valence-electron chi connectivity index (χ2n) is 21.4. The van der Waals surface area contributed by atoms with Gasteiger partial charge in [0.1, 0.15) is 32.7 Å². The smallest absolute Gasteiger partial charge is 0.397 e. The molecule has 0 aliphatic rings. The Morgan fingerprint density at radius 2 is 0.909 bits per heavy atom. The number of phenols is 2. The highest BCUT2D eigenvalue weighted by Gasteiger charge is 2.28. The topological polar surface area (TPSA) is 594 Å². The van der Waals surface area contributed by atoms with Gasteiger partial charge in [-0.1, -0.05) is 33.7 Å². The first-order valence-electron chi connectivity index (χ1n) is 30.0. The Morgan fingerprint density at radius 3 is 1.38 bits per heavy atom. The quantitative estimate of drug-likeness (QED) is 0.00252. The molecule has 0 aliphatic carbocycles. The SMILES string of the molecule is O=S(O)Oc1cc(Nc2nc(Cl)nc(Nc3ccc(S(=O)(=O)CCOS(=O)(=O)O)cc3)n2)c2c(O)c(N=Nc3ccc(OOSCCSSCCOc4ccc(N=Nc5c(S(=O)(=O)O)cc6cccc(Nc7nc(Cl)nc(Nc8ccc(S(=O)(=O)CCOS(=O)(=O)O)cc8)n7)c6c5O)cc4)cc3)c(S(=O)(=O)O)cc2c1. The molecular formula is C58H50Cl2N14O26S10. The molecule has 52 heteroatoms. The van der Waals surface area contributed by atoms with Gasteiger partial charge in [0.05, 0.1) is 63.9 Å². The molecule has 582 valence electrons. The van der Waals surface area contributed by atoms with Gasteiger partial charge in [-0.3, -0.25) is 22.8 Å². The summed E-state index contributed by atoms with van der Waals surface area (Å²) in [5.74, 6) is -2.20. The van der Waals surface area contributed by atoms with E-state index >= 15 is 0 Å². The van der Waals surface area contributed by atoms with Crippen LogP contribution in [0.15, 0.2) is 180 Å². The number of rotatable bonds is 37. The van der Waals surface area contributed by atoms with Crippen LogP contribution in [0.3, 0.4) is 0 Å². The summed E-state index contributed by atoms with van der Waals surface area (Å²) in [7, 11) is -25.0. The number of phenolic OH excluding ortho intramolecular Hbond substituents is 2. The lowest BCUT2D eigenvalue weighted by atomic mass is 10.1. The minimum atomic E-state index is -5.20. The third-order valence-electron chi connectivity index (χ3n) is 13.9. The van der Waals surface area contributed by atoms with E-state index in [0.29, 0.717) is 23.0 Å². The van der Waals surface area contributed by atoms with E-state index in [2.05, 4.69) is 80.0 Å². The largest absolute Gasteiger partial charge is 0.505 e. The number of hydrogen-bond acceptors (Lipinski definition) is 38. The molecule has 0 bridgehead atoms. The fourth-order valence-corrected chi connectivity index (χ4v) is 16.8. The Kier molecular flexibility index (Phi) is 27.2. The van der Waals surface area contributed by atoms with E-state index in [-0.39, 0.29) is 113 Å². The van der Waals surface area contributed by atoms with Crippen molar-refractivity contribution < 1.29 is 114 Å². The fraction of sp³-hybridized carbons (Fsp3) is 0.138. The van der Waals surface area contributed by atoms with Gasteiger partial charge >= 0.3 is 32.2 Å². The maximum Gasteiger partial charge on any atom is 0.397 e. The summed E-state index contributed by atoms with van der Waals surface area (Å²) in [5.41, 5.74) is -0.764. The van der Waals surface area contributed by atoms with E-state index in [1.54, 1.807) is 12.1 Å². The molecular weight excluding hydrogens is 1700 g/mol. The van der Waals surface area contributed by atoms with E-state index in [1.165, 1.54) is 113 Å². The second kappa shape index (κ2) is 35.9. The first-order valence-corrected chi connectivity index (χ1v) is 44.1. The van der Waals surface area contributed by atoms with Gasteiger partial charge in [0.15, 0.2) is 36.9 Å². The summed E-state index contributed by atoms with van der Waals surface area (Å²) < 4.78 is 229. The van der Waals surface area contributed by atoms with Gasteiger partial charge in [-0.05, 0) is 155 Å². The van der Waals surface area contributed by atoms with E-state index in [1.807, 2.05) is 0 Å². The number of aromatic nitrogens is 6. The number of fused-ring (bicyclic) bond motifs is 2. The molecule has 110 heavy (non-hydrogen) atoms. The number of nitrogens with zero attached hydrogens (tertiary/aromatic N) is 10. The van der Waals surface area contributed by atoms with Crippen LogP contribution in [0.1, 0.15) is 0 Å². The summed E-state index contributed by atoms with van der Waals surface area (Å²) >= 11 is 10.5. The lowest BCUT2D eigenvalue weighted by Gasteiger charge is -2.15. The number of azo groups is 2. The molecule has 2 aromatic heterocycles. The first-order chi connectivity index (χ1) is 51.9. The monoisotopic (exact) mass is 1750 g/mol. The predicted octanol–water partition coefficient (Wildman–Crippen LogP) is 11.5. The Balaban J connectivity index is 0.695. The highest BCUT2D eigenvalue weighted by Crippen LogP contribution is 2.48. The highest BCUT2D eigenvalue weighted by molar-refractivity contribution is 8.76. The van der Waals surface area contributed by atoms with Crippen molar-refractivity contribution in [3.63, 3.8) is 0 Å². The van der Waals surface area contributed by atoms with Crippen LogP contribution in [-0.4, -0.2) is 166 Å². The predicted molar refractivity (Wildman–Crippen MR) is 403 cm³/mol. The van der Waals surface area contributed by atoms with Crippen molar-refractivity contribution in [2.45, 2.75) is 19.6 Å². The standard InChI is InChI=1S/C58H50Cl2N14O26S10/c59-53-65-55(61-34-8-16-41(17-9-34)105(79,80)26-21-96-109(89,90)91)69-57(67-53)63-43-3-1-2-32-29-45(107(83,84)85)49(51(75)47(32)43)73-71-36-4-12-38(13-5-36)95-20-23-102-103-25-24-101-100-98-39-14-6-37(7-15-39)72-74-50-46(108(86,87)88)30-33-28-40(99-104(77)78)31-44(48(33)52(50)76)64-58-68-54(60)66-56(70-58)62-35-10-18-42(19-11-35)106(81,82)27-22-97-110(92,93)94/h1-19,28-31,75-76H,20-27H2,(H,77,78)(H,83,84,85)(H,86,87,88)(H,89,90,91)(H,92,93,94)(H2,61,63,65,67,69)(H2,62,64,66,68,70). The molecule has 0 saturated heterocycles. The van der Waals surface area contributed by atoms with E-state index in [9.17, 15) is 78.6 Å². The molecule has 0 fully saturated rings. The van der Waals surface area contributed by atoms with Crippen LogP contribution in [0, 0.1) is 0 Å². The van der Waals surface area contributed by atoms with Crippen molar-refractivity contribution in [2.75, 3.05) is 69.9 Å². The van der Waals surface area contributed by atoms with Crippen molar-refractivity contribution in [1.82, 2.24) is 29.9 Å². The van der Waals surface area contributed by atoms with Crippen LogP contribution in [0.25, 0.3) is 21.5 Å². The van der Waals surface area contributed by atoms with E-state index in [4.69, 9.17) is 50.4 Å². The number of ether oxygens (including phenoxy) is 1. The zero-order valence-electron chi connectivity index (χ0n) is 54.6. The summed E-state index contributed by atoms with van der Waals surface area (Å²) in [5, 5.41) is 49.7. The third-order valence-corrected chi connectivity index (χ3v) is 23.8. The summed E-state index contributed by atoms with van der Waals surface area (Å²) in [4.78, 5) is 27.8. The van der Waals surface area contributed by atoms with Crippen molar-refractivity contribution in [3.05, 3.63) is 150 Å². The Morgan fingerprint density at radius 1 is 0.464 bits per heavy atom. The Hall–Kier alpha value is -9.14. The van der Waals surface area contributed by atoms with Gasteiger partial charge in [-0.2, -0.15) is 78.0 Å². The first kappa shape index (κ1) is 83.3. The van der Waals surface area contributed by atoms with Crippen LogP contribution in [0.5, 0.6) is 28.7 Å². The molecule has 0 saturated carbocycles. The molecule has 2 heterocycles. The zero-order valence-corrected chi connectivity index (χ0v) is 64.3. The lowest BCUT2D eigenvalue weighted by molar-refractivity contribution is -0.0775. The number of benzene rings is 8. The summed E-state index contributed by atoms with van der Waals surface area (Å²) in [6, 6.07) is 30.3. The van der Waals surface area contributed by atoms with Gasteiger partial charge < -0.3 is 45.3 Å². The normalized spacial score (nSPS) is 12.7. The van der Waals surface area contributed by atoms with Gasteiger partial charge in [0.2, 0.25) is 34.4 Å². The van der Waals surface area contributed by atoms with Gasteiger partial charge in [0, 0.05) is 57.5 Å². The maximum atomic E-state index is 12.8. The molecule has 1 atom stereocenters. The number of hydrogen-bond donors (Lipinski definition) is 11. The molecule has 0 aliphatic heterocycles. The maximum absolute atomic E-state index is 12.8. The van der Waals surface area contributed by atoms with Crippen LogP contribution < -0.4 is 35.1 Å². The molecule has 10 rings (SSSR count). The summed E-state index contributed by atoms with van der Waals surface area (Å²) in [6.45, 7) is -1.40. The van der Waals surface area contributed by atoms with Crippen LogP contribution in [0.4, 0.5) is 69.3 Å². The van der Waals surface area contributed by atoms with Crippen molar-refractivity contribution >= 4 is 220 Å². The minimum absolute atomic E-state index is 0.00665. The Labute approximate surface area is 647 Å². The molecule has 40 nitrogen and oxygen atoms in total. The fourth-order valence-electron chi connectivity index (χ4n) is 9.30. The van der Waals surface area contributed by atoms with Crippen LogP contribution >= 0.6 is 56.8 Å². The lowest BCUT2D eigenvalue weighted by Crippen LogP contribution is -2.15. The Bertz CT molecular complexity index is 5930. The summed E-state index contributed by atoms with van der Waals surface area (Å²) in [6.07, 6.45) is 0. The van der Waals surface area contributed by atoms with Crippen LogP contribution in [0.2, 0.25) is 10.6 Å². The average Bonchev–Trinajstić information content (AvgIpc) is 0.771. The third kappa shape index (κ3) is 23.7. The molecule has 0 amide bonds. The van der Waals surface area contributed by atoms with Gasteiger partial charge in [-0.15, -0.1) is 14.6 Å². The zero-order chi connectivity index (χ0) is 79.3. The van der Waals surface area contributed by atoms with Crippen molar-refractivity contribution in [2.24, 2.45) is 20.5 Å². The molecule has 1 unspecified atom stereocenters. The van der Waals surface area contributed by atoms with E-state index in [0.717, 1.165) is 48.4 Å². The van der Waals surface area contributed by atoms with Crippen molar-refractivity contribution in [1.29, 1.82) is 0 Å². The number of nitrogens with one attached hydrogen (secondary N) is 4. The number of aromatic hydroxyl groups is 2. The molecule has 0 radical (unpaired) electrons. The second-order valence-corrected chi connectivity index (χ2v) is 35.3. The van der Waals surface area contributed by atoms with E-state index < -0.39 is 135 Å². The van der Waals surface area contributed by atoms with Crippen molar-refractivity contribution in [3.8, 4) is 28.7 Å². The van der Waals surface area contributed by atoms with Gasteiger partial charge in [0.25, 0.3) is 20.2 Å². The highest BCUT2D eigenvalue weighted by atomic mass is 35.5. The molecule has 11 N–H and O–H groups in total. The minimum Gasteiger partial charge on any atom is -0.505 e. The average molecular weight is 1750 g/mol. The molecule has 0 spiro atoms. The van der Waals surface area contributed by atoms with Gasteiger partial charge in [-0.25, -0.2) is 25.2 Å².